The minimum atomic E-state index is -1.01. The number of carboxylic acid groups (broad SMARTS) is 1. The lowest BCUT2D eigenvalue weighted by atomic mass is 10.2. The van der Waals surface area contributed by atoms with Gasteiger partial charge in [-0.15, -0.1) is 0 Å². The van der Waals surface area contributed by atoms with Crippen LogP contribution in [0.4, 0.5) is 5.13 Å². The van der Waals surface area contributed by atoms with E-state index in [0.29, 0.717) is 16.4 Å². The highest BCUT2D eigenvalue weighted by molar-refractivity contribution is 7.16. The van der Waals surface area contributed by atoms with Crippen molar-refractivity contribution >= 4 is 34.4 Å². The van der Waals surface area contributed by atoms with Crippen molar-refractivity contribution in [3.8, 4) is 0 Å². The second-order valence-corrected chi connectivity index (χ2v) is 4.45. The van der Waals surface area contributed by atoms with Crippen LogP contribution in [0.3, 0.4) is 0 Å². The van der Waals surface area contributed by atoms with Gasteiger partial charge in [0.15, 0.2) is 5.13 Å². The van der Waals surface area contributed by atoms with E-state index in [1.165, 1.54) is 23.6 Å². The monoisotopic (exact) mass is 254 g/mol. The summed E-state index contributed by atoms with van der Waals surface area (Å²) in [4.78, 5) is 26.4. The first-order valence-corrected chi connectivity index (χ1v) is 6.10. The van der Waals surface area contributed by atoms with Crippen LogP contribution in [0, 0.1) is 0 Å². The Morgan fingerprint density at radius 2 is 2.35 bits per heavy atom. The second kappa shape index (κ2) is 6.80. The number of nitrogens with zero attached hydrogens (tertiary/aromatic N) is 1. The zero-order valence-corrected chi connectivity index (χ0v) is 10.3. The summed E-state index contributed by atoms with van der Waals surface area (Å²) in [6.07, 6.45) is 6.31. The number of hydrogen-bond donors (Lipinski definition) is 2. The number of nitrogens with one attached hydrogen (secondary N) is 1. The minimum Gasteiger partial charge on any atom is -0.478 e. The van der Waals surface area contributed by atoms with Crippen LogP contribution in [-0.4, -0.2) is 22.0 Å². The van der Waals surface area contributed by atoms with Crippen molar-refractivity contribution in [1.82, 2.24) is 4.98 Å². The molecule has 0 spiro atoms. The zero-order valence-electron chi connectivity index (χ0n) is 9.47. The molecule has 1 aromatic heterocycles. The molecule has 1 amide bonds. The van der Waals surface area contributed by atoms with Gasteiger partial charge in [-0.2, -0.15) is 0 Å². The fraction of sp³-hybridized carbons (Fsp3) is 0.364. The molecule has 0 aliphatic carbocycles. The number of rotatable bonds is 6. The lowest BCUT2D eigenvalue weighted by Gasteiger charge is -1.98. The molecular formula is C11H14N2O3S. The van der Waals surface area contributed by atoms with Gasteiger partial charge in [0.1, 0.15) is 0 Å². The Kier molecular flexibility index (Phi) is 5.35. The number of carbonyl (C=O) groups excluding carboxylic acids is 1. The van der Waals surface area contributed by atoms with Gasteiger partial charge in [-0.05, 0) is 12.5 Å². The number of thiazole rings is 1. The van der Waals surface area contributed by atoms with Gasteiger partial charge in [0.2, 0.25) is 5.91 Å². The Labute approximate surface area is 103 Å². The molecule has 0 fully saturated rings. The standard InChI is InChI=1S/C11H14N2O3S/c1-2-3-4-9(14)13-11-12-7-8(17-11)5-6-10(15)16/h5-7H,2-4H2,1H3,(H,15,16)(H,12,13,14)/b6-5+. The molecule has 0 aliphatic rings. The van der Waals surface area contributed by atoms with Crippen molar-refractivity contribution in [2.24, 2.45) is 0 Å². The smallest absolute Gasteiger partial charge is 0.328 e. The fourth-order valence-electron chi connectivity index (χ4n) is 1.09. The topological polar surface area (TPSA) is 79.3 Å². The number of carboxylic acids is 1. The molecule has 2 N–H and O–H groups in total. The summed E-state index contributed by atoms with van der Waals surface area (Å²) < 4.78 is 0. The van der Waals surface area contributed by atoms with Gasteiger partial charge in [-0.3, -0.25) is 4.79 Å². The van der Waals surface area contributed by atoms with Gasteiger partial charge in [-0.25, -0.2) is 9.78 Å². The molecule has 0 saturated heterocycles. The predicted molar refractivity (Wildman–Crippen MR) is 66.9 cm³/mol. The molecule has 1 heterocycles. The van der Waals surface area contributed by atoms with E-state index in [9.17, 15) is 9.59 Å². The van der Waals surface area contributed by atoms with Crippen molar-refractivity contribution in [2.45, 2.75) is 26.2 Å². The molecule has 0 atom stereocenters. The van der Waals surface area contributed by atoms with Crippen LogP contribution in [0.5, 0.6) is 0 Å². The number of hydrogen-bond acceptors (Lipinski definition) is 4. The first-order valence-electron chi connectivity index (χ1n) is 5.28. The SMILES string of the molecule is CCCCC(=O)Nc1ncc(/C=C/C(=O)O)s1. The van der Waals surface area contributed by atoms with E-state index in [1.807, 2.05) is 6.92 Å². The van der Waals surface area contributed by atoms with E-state index in [0.717, 1.165) is 18.9 Å². The Morgan fingerprint density at radius 3 is 3.00 bits per heavy atom. The number of aromatic nitrogens is 1. The van der Waals surface area contributed by atoms with Crippen molar-refractivity contribution in [3.63, 3.8) is 0 Å². The van der Waals surface area contributed by atoms with Crippen molar-refractivity contribution < 1.29 is 14.7 Å². The number of amides is 1. The summed E-state index contributed by atoms with van der Waals surface area (Å²) in [5, 5.41) is 11.6. The van der Waals surface area contributed by atoms with Crippen LogP contribution in [0.25, 0.3) is 6.08 Å². The number of aliphatic carboxylic acids is 1. The lowest BCUT2D eigenvalue weighted by Crippen LogP contribution is -2.10. The zero-order chi connectivity index (χ0) is 12.7. The van der Waals surface area contributed by atoms with Gasteiger partial charge in [0.05, 0.1) is 0 Å². The molecular weight excluding hydrogens is 240 g/mol. The average molecular weight is 254 g/mol. The molecule has 0 saturated carbocycles. The second-order valence-electron chi connectivity index (χ2n) is 3.39. The maximum absolute atomic E-state index is 11.4. The van der Waals surface area contributed by atoms with Gasteiger partial charge in [-0.1, -0.05) is 24.7 Å². The summed E-state index contributed by atoms with van der Waals surface area (Å²) in [7, 11) is 0. The lowest BCUT2D eigenvalue weighted by molar-refractivity contribution is -0.131. The van der Waals surface area contributed by atoms with Gasteiger partial charge < -0.3 is 10.4 Å². The van der Waals surface area contributed by atoms with Gasteiger partial charge >= 0.3 is 5.97 Å². The molecule has 92 valence electrons. The third kappa shape index (κ3) is 5.26. The summed E-state index contributed by atoms with van der Waals surface area (Å²) in [5.74, 6) is -1.07. The summed E-state index contributed by atoms with van der Waals surface area (Å²) in [5.41, 5.74) is 0. The Hall–Kier alpha value is -1.69. The fourth-order valence-corrected chi connectivity index (χ4v) is 1.83. The number of carbonyl (C=O) groups is 2. The average Bonchev–Trinajstić information content (AvgIpc) is 2.71. The number of anilines is 1. The molecule has 0 unspecified atom stereocenters. The van der Waals surface area contributed by atoms with E-state index >= 15 is 0 Å². The molecule has 5 nitrogen and oxygen atoms in total. The Bertz CT molecular complexity index is 426. The summed E-state index contributed by atoms with van der Waals surface area (Å²) in [6, 6.07) is 0. The molecule has 1 aromatic rings. The first kappa shape index (κ1) is 13.4. The van der Waals surface area contributed by atoms with E-state index in [1.54, 1.807) is 0 Å². The van der Waals surface area contributed by atoms with Crippen LogP contribution < -0.4 is 5.32 Å². The molecule has 0 radical (unpaired) electrons. The molecule has 0 aliphatic heterocycles. The van der Waals surface area contributed by atoms with Crippen LogP contribution in [-0.2, 0) is 9.59 Å². The highest BCUT2D eigenvalue weighted by atomic mass is 32.1. The quantitative estimate of drug-likeness (QED) is 0.764. The van der Waals surface area contributed by atoms with Crippen LogP contribution in [0.15, 0.2) is 12.3 Å². The highest BCUT2D eigenvalue weighted by Gasteiger charge is 2.04. The molecule has 1 rings (SSSR count). The van der Waals surface area contributed by atoms with Crippen LogP contribution in [0.2, 0.25) is 0 Å². The number of unbranched alkanes of at least 4 members (excludes halogenated alkanes) is 1. The maximum Gasteiger partial charge on any atom is 0.328 e. The normalized spacial score (nSPS) is 10.6. The van der Waals surface area contributed by atoms with Crippen molar-refractivity contribution in [3.05, 3.63) is 17.2 Å². The Morgan fingerprint density at radius 1 is 1.59 bits per heavy atom. The summed E-state index contributed by atoms with van der Waals surface area (Å²) in [6.45, 7) is 2.02. The van der Waals surface area contributed by atoms with E-state index in [2.05, 4.69) is 10.3 Å². The predicted octanol–water partition coefficient (Wildman–Crippen LogP) is 2.37. The van der Waals surface area contributed by atoms with Gasteiger partial charge in [0, 0.05) is 23.6 Å². The molecule has 6 heteroatoms. The van der Waals surface area contributed by atoms with E-state index in [-0.39, 0.29) is 5.91 Å². The van der Waals surface area contributed by atoms with Gasteiger partial charge in [0.25, 0.3) is 0 Å². The Balaban J connectivity index is 2.51. The van der Waals surface area contributed by atoms with Crippen molar-refractivity contribution in [2.75, 3.05) is 5.32 Å². The minimum absolute atomic E-state index is 0.0602. The molecule has 0 bridgehead atoms. The summed E-state index contributed by atoms with van der Waals surface area (Å²) >= 11 is 1.24. The van der Waals surface area contributed by atoms with Crippen molar-refractivity contribution in [1.29, 1.82) is 0 Å². The van der Waals surface area contributed by atoms with Crippen LogP contribution in [0.1, 0.15) is 31.1 Å². The maximum atomic E-state index is 11.4. The third-order valence-corrected chi connectivity index (χ3v) is 2.80. The highest BCUT2D eigenvalue weighted by Crippen LogP contribution is 2.19. The van der Waals surface area contributed by atoms with Crippen LogP contribution >= 0.6 is 11.3 Å². The third-order valence-electron chi connectivity index (χ3n) is 1.92. The first-order chi connectivity index (χ1) is 8.11. The van der Waals surface area contributed by atoms with E-state index in [4.69, 9.17) is 5.11 Å². The largest absolute Gasteiger partial charge is 0.478 e. The molecule has 0 aromatic carbocycles. The molecule has 17 heavy (non-hydrogen) atoms. The van der Waals surface area contributed by atoms with E-state index < -0.39 is 5.97 Å².